The van der Waals surface area contributed by atoms with Gasteiger partial charge in [-0.25, -0.2) is 13.2 Å². The van der Waals surface area contributed by atoms with E-state index in [2.05, 4.69) is 10.6 Å². The fraction of sp³-hybridized carbons (Fsp3) is 0.133. The maximum atomic E-state index is 13.4. The molecule has 0 radical (unpaired) electrons. The van der Waals surface area contributed by atoms with Crippen LogP contribution in [0.2, 0.25) is 0 Å². The van der Waals surface area contributed by atoms with Crippen molar-refractivity contribution in [2.45, 2.75) is 6.42 Å². The number of para-hydroxylation sites is 1. The predicted octanol–water partition coefficient (Wildman–Crippen LogP) is 3.54. The molecule has 0 fully saturated rings. The molecule has 0 unspecified atom stereocenters. The first kappa shape index (κ1) is 14.9. The molecule has 2 rings (SSSR count). The lowest BCUT2D eigenvalue weighted by Gasteiger charge is -2.08. The normalized spacial score (nSPS) is 10.2. The summed E-state index contributed by atoms with van der Waals surface area (Å²) in [5.41, 5.74) is 0.475. The molecular weight excluding hydrogens is 281 g/mol. The van der Waals surface area contributed by atoms with Crippen molar-refractivity contribution >= 4 is 17.3 Å². The fourth-order valence-corrected chi connectivity index (χ4v) is 1.71. The van der Waals surface area contributed by atoms with Crippen molar-refractivity contribution in [3.63, 3.8) is 0 Å². The Morgan fingerprint density at radius 2 is 1.67 bits per heavy atom. The molecule has 21 heavy (non-hydrogen) atoms. The third-order valence-electron chi connectivity index (χ3n) is 2.76. The van der Waals surface area contributed by atoms with Crippen LogP contribution in [-0.2, 0) is 4.79 Å². The van der Waals surface area contributed by atoms with E-state index in [0.717, 1.165) is 17.8 Å². The minimum absolute atomic E-state index is 0.0628. The van der Waals surface area contributed by atoms with Gasteiger partial charge >= 0.3 is 0 Å². The largest absolute Gasteiger partial charge is 0.385 e. The van der Waals surface area contributed by atoms with Crippen LogP contribution in [0.3, 0.4) is 0 Å². The molecule has 2 aromatic carbocycles. The molecule has 0 saturated heterocycles. The lowest BCUT2D eigenvalue weighted by Crippen LogP contribution is -2.17. The van der Waals surface area contributed by atoms with E-state index in [1.54, 1.807) is 0 Å². The maximum absolute atomic E-state index is 13.4. The molecule has 110 valence electrons. The zero-order valence-electron chi connectivity index (χ0n) is 11.0. The SMILES string of the molecule is O=C(CCNc1ccccc1)Nc1ccc(F)c(F)c1F. The van der Waals surface area contributed by atoms with Crippen LogP contribution >= 0.6 is 0 Å². The maximum Gasteiger partial charge on any atom is 0.226 e. The standard InChI is InChI=1S/C15H13F3N2O/c16-11-6-7-12(15(18)14(11)17)20-13(21)8-9-19-10-4-2-1-3-5-10/h1-7,19H,8-9H2,(H,20,21). The van der Waals surface area contributed by atoms with Gasteiger partial charge < -0.3 is 10.6 Å². The summed E-state index contributed by atoms with van der Waals surface area (Å²) in [7, 11) is 0. The second kappa shape index (κ2) is 6.78. The molecule has 6 heteroatoms. The van der Waals surface area contributed by atoms with Crippen LogP contribution in [0.1, 0.15) is 6.42 Å². The van der Waals surface area contributed by atoms with Crippen LogP contribution < -0.4 is 10.6 Å². The molecule has 0 aliphatic carbocycles. The first-order valence-corrected chi connectivity index (χ1v) is 6.30. The van der Waals surface area contributed by atoms with Gasteiger partial charge in [-0.3, -0.25) is 4.79 Å². The third kappa shape index (κ3) is 3.98. The van der Waals surface area contributed by atoms with Gasteiger partial charge in [-0.15, -0.1) is 0 Å². The fourth-order valence-electron chi connectivity index (χ4n) is 1.71. The lowest BCUT2D eigenvalue weighted by atomic mass is 10.2. The van der Waals surface area contributed by atoms with E-state index in [0.29, 0.717) is 6.54 Å². The molecule has 1 amide bonds. The Hall–Kier alpha value is -2.50. The monoisotopic (exact) mass is 294 g/mol. The Labute approximate surface area is 119 Å². The lowest BCUT2D eigenvalue weighted by molar-refractivity contribution is -0.116. The van der Waals surface area contributed by atoms with E-state index in [1.807, 2.05) is 30.3 Å². The zero-order chi connectivity index (χ0) is 15.2. The highest BCUT2D eigenvalue weighted by atomic mass is 19.2. The van der Waals surface area contributed by atoms with E-state index < -0.39 is 23.4 Å². The van der Waals surface area contributed by atoms with Gasteiger partial charge in [-0.1, -0.05) is 18.2 Å². The van der Waals surface area contributed by atoms with E-state index in [9.17, 15) is 18.0 Å². The molecule has 0 aliphatic rings. The first-order chi connectivity index (χ1) is 10.1. The summed E-state index contributed by atoms with van der Waals surface area (Å²) in [6.07, 6.45) is 0.0628. The Bertz CT molecular complexity index is 632. The Morgan fingerprint density at radius 1 is 0.952 bits per heavy atom. The molecule has 0 atom stereocenters. The molecule has 0 aromatic heterocycles. The number of carbonyl (C=O) groups is 1. The summed E-state index contributed by atoms with van der Waals surface area (Å²) in [4.78, 5) is 11.6. The number of hydrogen-bond acceptors (Lipinski definition) is 2. The molecule has 0 heterocycles. The van der Waals surface area contributed by atoms with Gasteiger partial charge in [0.15, 0.2) is 17.5 Å². The Balaban J connectivity index is 1.86. The van der Waals surface area contributed by atoms with Gasteiger partial charge in [0.25, 0.3) is 0 Å². The predicted molar refractivity (Wildman–Crippen MR) is 74.5 cm³/mol. The molecule has 0 spiro atoms. The van der Waals surface area contributed by atoms with Gasteiger partial charge in [0.1, 0.15) is 0 Å². The topological polar surface area (TPSA) is 41.1 Å². The van der Waals surface area contributed by atoms with E-state index in [4.69, 9.17) is 0 Å². The minimum Gasteiger partial charge on any atom is -0.385 e. The van der Waals surface area contributed by atoms with Crippen LogP contribution in [0.25, 0.3) is 0 Å². The van der Waals surface area contributed by atoms with Crippen LogP contribution in [0.5, 0.6) is 0 Å². The summed E-state index contributed by atoms with van der Waals surface area (Å²) in [5, 5.41) is 5.21. The van der Waals surface area contributed by atoms with Crippen molar-refractivity contribution in [3.05, 3.63) is 59.9 Å². The third-order valence-corrected chi connectivity index (χ3v) is 2.76. The van der Waals surface area contributed by atoms with Crippen LogP contribution in [0.15, 0.2) is 42.5 Å². The first-order valence-electron chi connectivity index (χ1n) is 6.30. The van der Waals surface area contributed by atoms with Gasteiger partial charge in [0.05, 0.1) is 5.69 Å². The molecule has 2 aromatic rings. The van der Waals surface area contributed by atoms with Gasteiger partial charge in [-0.2, -0.15) is 0 Å². The average molecular weight is 294 g/mol. The number of hydrogen-bond donors (Lipinski definition) is 2. The van der Waals surface area contributed by atoms with Crippen molar-refractivity contribution < 1.29 is 18.0 Å². The number of rotatable bonds is 5. The second-order valence-corrected chi connectivity index (χ2v) is 4.31. The number of anilines is 2. The highest BCUT2D eigenvalue weighted by molar-refractivity contribution is 5.91. The van der Waals surface area contributed by atoms with Crippen molar-refractivity contribution in [2.75, 3.05) is 17.2 Å². The molecule has 0 bridgehead atoms. The summed E-state index contributed by atoms with van der Waals surface area (Å²) in [6, 6.07) is 11.0. The molecule has 0 aliphatic heterocycles. The summed E-state index contributed by atoms with van der Waals surface area (Å²) >= 11 is 0. The quantitative estimate of drug-likeness (QED) is 0.828. The highest BCUT2D eigenvalue weighted by Crippen LogP contribution is 2.19. The summed E-state index contributed by atoms with van der Waals surface area (Å²) < 4.78 is 39.1. The van der Waals surface area contributed by atoms with Crippen molar-refractivity contribution in [3.8, 4) is 0 Å². The van der Waals surface area contributed by atoms with E-state index in [-0.39, 0.29) is 12.1 Å². The van der Waals surface area contributed by atoms with Crippen LogP contribution in [-0.4, -0.2) is 12.5 Å². The van der Waals surface area contributed by atoms with Crippen LogP contribution in [0.4, 0.5) is 24.5 Å². The van der Waals surface area contributed by atoms with Crippen LogP contribution in [0, 0.1) is 17.5 Å². The molecule has 2 N–H and O–H groups in total. The molecular formula is C15H13F3N2O. The number of benzene rings is 2. The van der Waals surface area contributed by atoms with Gasteiger partial charge in [0, 0.05) is 18.7 Å². The van der Waals surface area contributed by atoms with Gasteiger partial charge in [-0.05, 0) is 24.3 Å². The molecule has 3 nitrogen and oxygen atoms in total. The molecule has 0 saturated carbocycles. The number of halogens is 3. The zero-order valence-corrected chi connectivity index (χ0v) is 11.0. The highest BCUT2D eigenvalue weighted by Gasteiger charge is 2.14. The number of amides is 1. The Morgan fingerprint density at radius 3 is 2.38 bits per heavy atom. The smallest absolute Gasteiger partial charge is 0.226 e. The Kier molecular flexibility index (Phi) is 4.81. The van der Waals surface area contributed by atoms with Crippen molar-refractivity contribution in [1.82, 2.24) is 0 Å². The summed E-state index contributed by atoms with van der Waals surface area (Å²) in [6.45, 7) is 0.334. The van der Waals surface area contributed by atoms with E-state index in [1.165, 1.54) is 0 Å². The summed E-state index contributed by atoms with van der Waals surface area (Å²) in [5.74, 6) is -4.80. The minimum atomic E-state index is -1.60. The van der Waals surface area contributed by atoms with Crippen molar-refractivity contribution in [2.24, 2.45) is 0 Å². The van der Waals surface area contributed by atoms with Gasteiger partial charge in [0.2, 0.25) is 5.91 Å². The number of nitrogens with one attached hydrogen (secondary N) is 2. The average Bonchev–Trinajstić information content (AvgIpc) is 2.49. The number of carbonyl (C=O) groups excluding carboxylic acids is 1. The van der Waals surface area contributed by atoms with E-state index >= 15 is 0 Å². The second-order valence-electron chi connectivity index (χ2n) is 4.31. The van der Waals surface area contributed by atoms with Crippen molar-refractivity contribution in [1.29, 1.82) is 0 Å².